The number of Topliss-reactive ketones (excluding diaryl/α,β-unsaturated/α-hetero) is 1. The normalized spacial score (nSPS) is 25.9. The molecule has 1 fully saturated rings. The van der Waals surface area contributed by atoms with Crippen LogP contribution in [0.2, 0.25) is 0 Å². The van der Waals surface area contributed by atoms with Crippen LogP contribution < -0.4 is 5.32 Å². The lowest BCUT2D eigenvalue weighted by Crippen LogP contribution is -2.31. The van der Waals surface area contributed by atoms with Crippen molar-refractivity contribution in [1.82, 2.24) is 0 Å². The second kappa shape index (κ2) is 4.70. The van der Waals surface area contributed by atoms with Crippen LogP contribution in [0, 0.1) is 0 Å². The number of ketones is 1. The van der Waals surface area contributed by atoms with Gasteiger partial charge in [0, 0.05) is 11.3 Å². The van der Waals surface area contributed by atoms with Gasteiger partial charge in [0.15, 0.2) is 15.6 Å². The minimum atomic E-state index is -3.17. The Bertz CT molecular complexity index is 567. The zero-order chi connectivity index (χ0) is 13.3. The quantitative estimate of drug-likeness (QED) is 0.779. The van der Waals surface area contributed by atoms with Crippen LogP contribution in [0.4, 0.5) is 5.69 Å². The van der Waals surface area contributed by atoms with E-state index in [1.807, 2.05) is 0 Å². The van der Waals surface area contributed by atoms with Crippen LogP contribution >= 0.6 is 0 Å². The third kappa shape index (κ3) is 2.88. The van der Waals surface area contributed by atoms with Gasteiger partial charge in [-0.25, -0.2) is 8.42 Å². The molecule has 0 bridgehead atoms. The van der Waals surface area contributed by atoms with Gasteiger partial charge in [-0.05, 0) is 19.1 Å². The number of hydrogen-bond acceptors (Lipinski definition) is 5. The average molecular weight is 269 g/mol. The van der Waals surface area contributed by atoms with Crippen molar-refractivity contribution in [2.75, 3.05) is 16.8 Å². The van der Waals surface area contributed by atoms with Crippen molar-refractivity contribution in [3.8, 4) is 0 Å². The van der Waals surface area contributed by atoms with Crippen LogP contribution in [0.25, 0.3) is 0 Å². The first-order valence-electron chi connectivity index (χ1n) is 5.63. The highest BCUT2D eigenvalue weighted by Gasteiger charge is 2.36. The summed E-state index contributed by atoms with van der Waals surface area (Å²) in [6, 6.07) is 6.28. The third-order valence-corrected chi connectivity index (χ3v) is 4.66. The number of rotatable bonds is 3. The predicted molar refractivity (Wildman–Crippen MR) is 68.5 cm³/mol. The molecule has 0 aromatic heterocycles. The summed E-state index contributed by atoms with van der Waals surface area (Å²) in [7, 11) is -3.17. The van der Waals surface area contributed by atoms with Gasteiger partial charge in [0.1, 0.15) is 0 Å². The van der Waals surface area contributed by atoms with Crippen LogP contribution in [0.5, 0.6) is 0 Å². The molecule has 0 aliphatic carbocycles. The zero-order valence-corrected chi connectivity index (χ0v) is 10.8. The SMILES string of the molecule is CC(=O)c1cccc(N[C@H]2CS(=O)(=O)C[C@@H]2O)c1. The van der Waals surface area contributed by atoms with E-state index in [9.17, 15) is 18.3 Å². The molecule has 18 heavy (non-hydrogen) atoms. The van der Waals surface area contributed by atoms with E-state index >= 15 is 0 Å². The highest BCUT2D eigenvalue weighted by molar-refractivity contribution is 7.91. The number of carbonyl (C=O) groups excluding carboxylic acids is 1. The number of aliphatic hydroxyl groups excluding tert-OH is 1. The molecule has 1 heterocycles. The number of sulfone groups is 1. The fourth-order valence-electron chi connectivity index (χ4n) is 2.01. The van der Waals surface area contributed by atoms with Crippen molar-refractivity contribution in [3.63, 3.8) is 0 Å². The molecule has 0 radical (unpaired) electrons. The standard InChI is InChI=1S/C12H15NO4S/c1-8(14)9-3-2-4-10(5-9)13-11-6-18(16,17)7-12(11)15/h2-5,11-13,15H,6-7H2,1H3/t11-,12-/m0/s1. The molecule has 1 aromatic carbocycles. The van der Waals surface area contributed by atoms with E-state index in [0.29, 0.717) is 11.3 Å². The average Bonchev–Trinajstić information content (AvgIpc) is 2.52. The Kier molecular flexibility index (Phi) is 3.41. The fraction of sp³-hybridized carbons (Fsp3) is 0.417. The van der Waals surface area contributed by atoms with Crippen molar-refractivity contribution in [1.29, 1.82) is 0 Å². The molecule has 5 nitrogen and oxygen atoms in total. The molecule has 1 saturated heterocycles. The minimum Gasteiger partial charge on any atom is -0.390 e. The number of carbonyl (C=O) groups is 1. The maximum absolute atomic E-state index is 11.4. The van der Waals surface area contributed by atoms with Gasteiger partial charge in [0.25, 0.3) is 0 Å². The second-order valence-corrected chi connectivity index (χ2v) is 6.69. The summed E-state index contributed by atoms with van der Waals surface area (Å²) < 4.78 is 22.7. The summed E-state index contributed by atoms with van der Waals surface area (Å²) >= 11 is 0. The van der Waals surface area contributed by atoms with Crippen molar-refractivity contribution in [2.45, 2.75) is 19.1 Å². The first-order chi connectivity index (χ1) is 8.37. The lowest BCUT2D eigenvalue weighted by molar-refractivity contribution is 0.101. The Morgan fingerprint density at radius 2 is 2.11 bits per heavy atom. The fourth-order valence-corrected chi connectivity index (χ4v) is 3.75. The molecule has 1 aliphatic rings. The summed E-state index contributed by atoms with van der Waals surface area (Å²) in [5, 5.41) is 12.6. The Morgan fingerprint density at radius 3 is 2.67 bits per heavy atom. The second-order valence-electron chi connectivity index (χ2n) is 4.53. The van der Waals surface area contributed by atoms with Gasteiger partial charge in [-0.2, -0.15) is 0 Å². The summed E-state index contributed by atoms with van der Waals surface area (Å²) in [4.78, 5) is 11.2. The smallest absolute Gasteiger partial charge is 0.159 e. The Hall–Kier alpha value is -1.40. The predicted octanol–water partition coefficient (Wildman–Crippen LogP) is 0.459. The van der Waals surface area contributed by atoms with Crippen LogP contribution in [-0.4, -0.2) is 43.0 Å². The molecule has 0 saturated carbocycles. The van der Waals surface area contributed by atoms with Crippen LogP contribution in [0.1, 0.15) is 17.3 Å². The van der Waals surface area contributed by atoms with Gasteiger partial charge in [0.05, 0.1) is 23.7 Å². The Balaban J connectivity index is 2.15. The molecule has 2 N–H and O–H groups in total. The third-order valence-electron chi connectivity index (χ3n) is 2.94. The van der Waals surface area contributed by atoms with E-state index in [1.54, 1.807) is 24.3 Å². The molecule has 6 heteroatoms. The first-order valence-corrected chi connectivity index (χ1v) is 7.45. The largest absolute Gasteiger partial charge is 0.390 e. The molecular weight excluding hydrogens is 254 g/mol. The summed E-state index contributed by atoms with van der Waals surface area (Å²) in [6.07, 6.45) is -0.906. The van der Waals surface area contributed by atoms with Crippen molar-refractivity contribution in [2.24, 2.45) is 0 Å². The van der Waals surface area contributed by atoms with Gasteiger partial charge in [-0.3, -0.25) is 4.79 Å². The molecule has 2 atom stereocenters. The van der Waals surface area contributed by atoms with Crippen molar-refractivity contribution < 1.29 is 18.3 Å². The maximum Gasteiger partial charge on any atom is 0.159 e. The van der Waals surface area contributed by atoms with E-state index in [-0.39, 0.29) is 17.3 Å². The molecule has 0 amide bonds. The topological polar surface area (TPSA) is 83.5 Å². The highest BCUT2D eigenvalue weighted by Crippen LogP contribution is 2.19. The van der Waals surface area contributed by atoms with E-state index in [1.165, 1.54) is 6.92 Å². The summed E-state index contributed by atoms with van der Waals surface area (Å²) in [6.45, 7) is 1.47. The van der Waals surface area contributed by atoms with Crippen LogP contribution in [0.15, 0.2) is 24.3 Å². The zero-order valence-electron chi connectivity index (χ0n) is 9.96. The highest BCUT2D eigenvalue weighted by atomic mass is 32.2. The molecule has 0 unspecified atom stereocenters. The lowest BCUT2D eigenvalue weighted by atomic mass is 10.1. The van der Waals surface area contributed by atoms with Crippen molar-refractivity contribution in [3.05, 3.63) is 29.8 Å². The summed E-state index contributed by atoms with van der Waals surface area (Å²) in [5.74, 6) is -0.353. The molecule has 1 aromatic rings. The molecule has 0 spiro atoms. The van der Waals surface area contributed by atoms with Gasteiger partial charge in [0.2, 0.25) is 0 Å². The number of hydrogen-bond donors (Lipinski definition) is 2. The van der Waals surface area contributed by atoms with E-state index < -0.39 is 22.0 Å². The van der Waals surface area contributed by atoms with Crippen LogP contribution in [-0.2, 0) is 9.84 Å². The first kappa shape index (κ1) is 13.0. The van der Waals surface area contributed by atoms with Gasteiger partial charge >= 0.3 is 0 Å². The van der Waals surface area contributed by atoms with Gasteiger partial charge in [-0.1, -0.05) is 12.1 Å². The molecule has 98 valence electrons. The monoisotopic (exact) mass is 269 g/mol. The maximum atomic E-state index is 11.4. The Labute approximate surface area is 106 Å². The van der Waals surface area contributed by atoms with Gasteiger partial charge in [-0.15, -0.1) is 0 Å². The molecule has 2 rings (SSSR count). The van der Waals surface area contributed by atoms with Gasteiger partial charge < -0.3 is 10.4 Å². The molecular formula is C12H15NO4S. The van der Waals surface area contributed by atoms with Crippen molar-refractivity contribution >= 4 is 21.3 Å². The number of nitrogens with one attached hydrogen (secondary N) is 1. The number of anilines is 1. The number of aliphatic hydroxyl groups is 1. The molecule has 1 aliphatic heterocycles. The van der Waals surface area contributed by atoms with E-state index in [0.717, 1.165) is 0 Å². The minimum absolute atomic E-state index is 0.0572. The lowest BCUT2D eigenvalue weighted by Gasteiger charge is -2.16. The van der Waals surface area contributed by atoms with E-state index in [4.69, 9.17) is 0 Å². The Morgan fingerprint density at radius 1 is 1.39 bits per heavy atom. The van der Waals surface area contributed by atoms with Crippen LogP contribution in [0.3, 0.4) is 0 Å². The number of benzene rings is 1. The van der Waals surface area contributed by atoms with E-state index in [2.05, 4.69) is 5.32 Å². The summed E-state index contributed by atoms with van der Waals surface area (Å²) in [5.41, 5.74) is 1.19.